The number of rotatable bonds is 5. The van der Waals surface area contributed by atoms with Gasteiger partial charge >= 0.3 is 0 Å². The molecule has 0 aromatic heterocycles. The van der Waals surface area contributed by atoms with Gasteiger partial charge in [-0.3, -0.25) is 0 Å². The number of allylic oxidation sites excluding steroid dienone is 1. The fourth-order valence-corrected chi connectivity index (χ4v) is 0.970. The third-order valence-electron chi connectivity index (χ3n) is 1.98. The third kappa shape index (κ3) is 7.85. The molecule has 0 saturated heterocycles. The highest BCUT2D eigenvalue weighted by Crippen LogP contribution is 2.00. The Hall–Kier alpha value is -0.500. The zero-order valence-corrected chi connectivity index (χ0v) is 9.78. The molecule has 0 aliphatic carbocycles. The summed E-state index contributed by atoms with van der Waals surface area (Å²) in [5.41, 5.74) is 1.37. The van der Waals surface area contributed by atoms with E-state index in [9.17, 15) is 0 Å². The van der Waals surface area contributed by atoms with Gasteiger partial charge in [-0.2, -0.15) is 0 Å². The van der Waals surface area contributed by atoms with Gasteiger partial charge < -0.3 is 10.2 Å². The van der Waals surface area contributed by atoms with E-state index in [4.69, 9.17) is 0 Å². The normalized spacial score (nSPS) is 11.5. The second kappa shape index (κ2) is 5.28. The molecule has 0 radical (unpaired) electrons. The molecule has 0 rings (SSSR count). The molecule has 0 amide bonds. The van der Waals surface area contributed by atoms with Crippen molar-refractivity contribution in [2.75, 3.05) is 20.1 Å². The summed E-state index contributed by atoms with van der Waals surface area (Å²) in [7, 11) is 2.08. The molecule has 0 atom stereocenters. The van der Waals surface area contributed by atoms with E-state index in [1.165, 1.54) is 6.42 Å². The van der Waals surface area contributed by atoms with Crippen LogP contribution in [0.4, 0.5) is 0 Å². The standard InChI is InChI=1S/C11H24N2/c1-10(2)13(6)9-7-8-12-11(3,4)5/h12H,1,7-9H2,2-6H3. The van der Waals surface area contributed by atoms with E-state index in [0.717, 1.165) is 18.8 Å². The molecular formula is C11H24N2. The van der Waals surface area contributed by atoms with Crippen LogP contribution >= 0.6 is 0 Å². The van der Waals surface area contributed by atoms with Crippen molar-refractivity contribution in [2.24, 2.45) is 0 Å². The van der Waals surface area contributed by atoms with Gasteiger partial charge in [0.1, 0.15) is 0 Å². The first kappa shape index (κ1) is 12.5. The lowest BCUT2D eigenvalue weighted by atomic mass is 10.1. The van der Waals surface area contributed by atoms with Crippen LogP contribution in [0, 0.1) is 0 Å². The fraction of sp³-hybridized carbons (Fsp3) is 0.818. The first-order valence-electron chi connectivity index (χ1n) is 4.94. The van der Waals surface area contributed by atoms with Gasteiger partial charge in [0.2, 0.25) is 0 Å². The highest BCUT2D eigenvalue weighted by Gasteiger charge is 2.07. The molecule has 78 valence electrons. The molecule has 0 aliphatic rings. The van der Waals surface area contributed by atoms with Crippen molar-refractivity contribution in [1.82, 2.24) is 10.2 Å². The van der Waals surface area contributed by atoms with Crippen LogP contribution in [0.15, 0.2) is 12.3 Å². The summed E-state index contributed by atoms with van der Waals surface area (Å²) < 4.78 is 0. The van der Waals surface area contributed by atoms with Crippen LogP contribution in [0.25, 0.3) is 0 Å². The molecule has 1 N–H and O–H groups in total. The molecule has 13 heavy (non-hydrogen) atoms. The third-order valence-corrected chi connectivity index (χ3v) is 1.98. The summed E-state index contributed by atoms with van der Waals surface area (Å²) in [6, 6.07) is 0. The molecule has 0 bridgehead atoms. The molecule has 0 saturated carbocycles. The Morgan fingerprint density at radius 3 is 2.31 bits per heavy atom. The molecule has 0 unspecified atom stereocenters. The van der Waals surface area contributed by atoms with Gasteiger partial charge in [-0.1, -0.05) is 6.58 Å². The van der Waals surface area contributed by atoms with Crippen LogP contribution in [0.3, 0.4) is 0 Å². The zero-order valence-electron chi connectivity index (χ0n) is 9.78. The van der Waals surface area contributed by atoms with E-state index in [0.29, 0.717) is 0 Å². The number of hydrogen-bond acceptors (Lipinski definition) is 2. The Morgan fingerprint density at radius 1 is 1.38 bits per heavy atom. The van der Waals surface area contributed by atoms with Gasteiger partial charge in [-0.05, 0) is 40.7 Å². The maximum absolute atomic E-state index is 3.89. The van der Waals surface area contributed by atoms with E-state index >= 15 is 0 Å². The average Bonchev–Trinajstić information content (AvgIpc) is 1.95. The lowest BCUT2D eigenvalue weighted by molar-refractivity contribution is 0.372. The van der Waals surface area contributed by atoms with Gasteiger partial charge in [0.25, 0.3) is 0 Å². The fourth-order valence-electron chi connectivity index (χ4n) is 0.970. The van der Waals surface area contributed by atoms with Crippen LogP contribution in [0.2, 0.25) is 0 Å². The lowest BCUT2D eigenvalue weighted by Gasteiger charge is -2.23. The molecule has 0 fully saturated rings. The van der Waals surface area contributed by atoms with Crippen molar-refractivity contribution in [3.8, 4) is 0 Å². The van der Waals surface area contributed by atoms with Crippen molar-refractivity contribution in [3.05, 3.63) is 12.3 Å². The first-order valence-corrected chi connectivity index (χ1v) is 4.94. The summed E-state index contributed by atoms with van der Waals surface area (Å²) in [6.07, 6.45) is 1.17. The van der Waals surface area contributed by atoms with Crippen LogP contribution in [0.1, 0.15) is 34.1 Å². The second-order valence-electron chi connectivity index (χ2n) is 4.69. The highest BCUT2D eigenvalue weighted by molar-refractivity contribution is 4.85. The van der Waals surface area contributed by atoms with E-state index in [1.54, 1.807) is 0 Å². The van der Waals surface area contributed by atoms with E-state index < -0.39 is 0 Å². The topological polar surface area (TPSA) is 15.3 Å². The van der Waals surface area contributed by atoms with E-state index in [-0.39, 0.29) is 5.54 Å². The molecule has 2 heteroatoms. The zero-order chi connectivity index (χ0) is 10.5. The number of hydrogen-bond donors (Lipinski definition) is 1. The molecule has 0 heterocycles. The SMILES string of the molecule is C=C(C)N(C)CCCNC(C)(C)C. The molecule has 0 spiro atoms. The maximum atomic E-state index is 3.89. The highest BCUT2D eigenvalue weighted by atomic mass is 15.1. The van der Waals surface area contributed by atoms with Gasteiger partial charge in [-0.25, -0.2) is 0 Å². The number of nitrogens with one attached hydrogen (secondary N) is 1. The average molecular weight is 184 g/mol. The molecular weight excluding hydrogens is 160 g/mol. The van der Waals surface area contributed by atoms with Crippen LogP contribution in [-0.4, -0.2) is 30.6 Å². The van der Waals surface area contributed by atoms with Crippen LogP contribution in [0.5, 0.6) is 0 Å². The van der Waals surface area contributed by atoms with Crippen molar-refractivity contribution in [2.45, 2.75) is 39.7 Å². The summed E-state index contributed by atoms with van der Waals surface area (Å²) in [5.74, 6) is 0. The summed E-state index contributed by atoms with van der Waals surface area (Å²) >= 11 is 0. The van der Waals surface area contributed by atoms with Crippen molar-refractivity contribution >= 4 is 0 Å². The van der Waals surface area contributed by atoms with Gasteiger partial charge in [-0.15, -0.1) is 0 Å². The van der Waals surface area contributed by atoms with E-state index in [1.807, 2.05) is 6.92 Å². The van der Waals surface area contributed by atoms with Crippen molar-refractivity contribution < 1.29 is 0 Å². The predicted molar refractivity (Wildman–Crippen MR) is 59.8 cm³/mol. The minimum absolute atomic E-state index is 0.238. The maximum Gasteiger partial charge on any atom is 0.0183 e. The van der Waals surface area contributed by atoms with Crippen LogP contribution < -0.4 is 5.32 Å². The smallest absolute Gasteiger partial charge is 0.0183 e. The molecule has 0 aromatic rings. The number of nitrogens with zero attached hydrogens (tertiary/aromatic N) is 1. The van der Waals surface area contributed by atoms with Gasteiger partial charge in [0, 0.05) is 24.8 Å². The quantitative estimate of drug-likeness (QED) is 0.659. The first-order chi connectivity index (χ1) is 5.83. The van der Waals surface area contributed by atoms with E-state index in [2.05, 4.69) is 44.6 Å². The summed E-state index contributed by atoms with van der Waals surface area (Å²) in [4.78, 5) is 2.18. The predicted octanol–water partition coefficient (Wildman–Crippen LogP) is 2.23. The Labute approximate surface area is 83.0 Å². The Balaban J connectivity index is 3.41. The Kier molecular flexibility index (Phi) is 5.07. The summed E-state index contributed by atoms with van der Waals surface area (Å²) in [6.45, 7) is 14.6. The Morgan fingerprint density at radius 2 is 1.92 bits per heavy atom. The second-order valence-corrected chi connectivity index (χ2v) is 4.69. The minimum Gasteiger partial charge on any atom is -0.379 e. The molecule has 0 aliphatic heterocycles. The van der Waals surface area contributed by atoms with Crippen molar-refractivity contribution in [1.29, 1.82) is 0 Å². The molecule has 0 aromatic carbocycles. The minimum atomic E-state index is 0.238. The van der Waals surface area contributed by atoms with Gasteiger partial charge in [0.15, 0.2) is 0 Å². The monoisotopic (exact) mass is 184 g/mol. The largest absolute Gasteiger partial charge is 0.379 e. The lowest BCUT2D eigenvalue weighted by Crippen LogP contribution is -2.37. The summed E-state index contributed by atoms with van der Waals surface area (Å²) in [5, 5.41) is 3.46. The van der Waals surface area contributed by atoms with Crippen molar-refractivity contribution in [3.63, 3.8) is 0 Å². The Bertz CT molecular complexity index is 156. The molecule has 2 nitrogen and oxygen atoms in total. The van der Waals surface area contributed by atoms with Crippen LogP contribution in [-0.2, 0) is 0 Å². The van der Waals surface area contributed by atoms with Gasteiger partial charge in [0.05, 0.1) is 0 Å².